The zero-order valence-electron chi connectivity index (χ0n) is 12.4. The molecule has 2 atom stereocenters. The Bertz CT molecular complexity index is 416. The van der Waals surface area contributed by atoms with Crippen LogP contribution in [0.2, 0.25) is 0 Å². The van der Waals surface area contributed by atoms with E-state index in [0.717, 1.165) is 42.9 Å². The Morgan fingerprint density at radius 3 is 3.05 bits per heavy atom. The van der Waals surface area contributed by atoms with Crippen molar-refractivity contribution in [3.8, 4) is 5.75 Å². The van der Waals surface area contributed by atoms with Gasteiger partial charge in [0.25, 0.3) is 0 Å². The van der Waals surface area contributed by atoms with Crippen LogP contribution >= 0.6 is 0 Å². The lowest BCUT2D eigenvalue weighted by atomic mass is 10.1. The molecule has 0 saturated carbocycles. The third kappa shape index (κ3) is 4.78. The summed E-state index contributed by atoms with van der Waals surface area (Å²) in [5.41, 5.74) is 2.26. The Hall–Kier alpha value is -1.10. The highest BCUT2D eigenvalue weighted by molar-refractivity contribution is 5.35. The SMILES string of the molecule is Cc1ccc(C)c(OCC(O)CNC2CCCOC2)c1. The first-order valence-corrected chi connectivity index (χ1v) is 7.34. The molecule has 0 spiro atoms. The fraction of sp³-hybridized carbons (Fsp3) is 0.625. The molecule has 1 aromatic carbocycles. The summed E-state index contributed by atoms with van der Waals surface area (Å²) in [6.45, 7) is 6.50. The molecule has 4 heteroatoms. The lowest BCUT2D eigenvalue weighted by molar-refractivity contribution is 0.0571. The van der Waals surface area contributed by atoms with E-state index in [-0.39, 0.29) is 0 Å². The van der Waals surface area contributed by atoms with Crippen molar-refractivity contribution in [1.82, 2.24) is 5.32 Å². The molecular formula is C16H25NO3. The van der Waals surface area contributed by atoms with Crippen LogP contribution in [-0.4, -0.2) is 43.6 Å². The first-order chi connectivity index (χ1) is 9.65. The summed E-state index contributed by atoms with van der Waals surface area (Å²) in [6, 6.07) is 6.46. The van der Waals surface area contributed by atoms with Crippen LogP contribution < -0.4 is 10.1 Å². The van der Waals surface area contributed by atoms with E-state index in [1.54, 1.807) is 0 Å². The van der Waals surface area contributed by atoms with Gasteiger partial charge in [-0.25, -0.2) is 0 Å². The fourth-order valence-electron chi connectivity index (χ4n) is 2.31. The molecule has 1 aliphatic rings. The zero-order chi connectivity index (χ0) is 14.4. The van der Waals surface area contributed by atoms with Crippen molar-refractivity contribution in [2.24, 2.45) is 0 Å². The Morgan fingerprint density at radius 2 is 2.30 bits per heavy atom. The standard InChI is InChI=1S/C16H25NO3/c1-12-5-6-13(2)16(8-12)20-11-15(18)9-17-14-4-3-7-19-10-14/h5-6,8,14-15,17-18H,3-4,7,9-11H2,1-2H3. The summed E-state index contributed by atoms with van der Waals surface area (Å²) in [5, 5.41) is 13.3. The number of aliphatic hydroxyl groups is 1. The van der Waals surface area contributed by atoms with Crippen LogP contribution in [0, 0.1) is 13.8 Å². The van der Waals surface area contributed by atoms with Crippen molar-refractivity contribution in [3.63, 3.8) is 0 Å². The first-order valence-electron chi connectivity index (χ1n) is 7.34. The first kappa shape index (κ1) is 15.3. The van der Waals surface area contributed by atoms with Gasteiger partial charge in [-0.05, 0) is 43.9 Å². The van der Waals surface area contributed by atoms with Gasteiger partial charge in [0.05, 0.1) is 6.61 Å². The van der Waals surface area contributed by atoms with E-state index >= 15 is 0 Å². The van der Waals surface area contributed by atoms with Crippen LogP contribution in [0.1, 0.15) is 24.0 Å². The Morgan fingerprint density at radius 1 is 1.45 bits per heavy atom. The van der Waals surface area contributed by atoms with E-state index in [2.05, 4.69) is 11.4 Å². The minimum atomic E-state index is -0.503. The maximum absolute atomic E-state index is 9.97. The smallest absolute Gasteiger partial charge is 0.122 e. The summed E-state index contributed by atoms with van der Waals surface area (Å²) >= 11 is 0. The molecule has 4 nitrogen and oxygen atoms in total. The molecule has 1 aromatic rings. The van der Waals surface area contributed by atoms with Gasteiger partial charge in [-0.2, -0.15) is 0 Å². The molecule has 112 valence electrons. The Balaban J connectivity index is 1.71. The highest BCUT2D eigenvalue weighted by Crippen LogP contribution is 2.19. The van der Waals surface area contributed by atoms with Crippen molar-refractivity contribution < 1.29 is 14.6 Å². The van der Waals surface area contributed by atoms with Gasteiger partial charge in [-0.15, -0.1) is 0 Å². The molecule has 2 rings (SSSR count). The number of aliphatic hydroxyl groups excluding tert-OH is 1. The molecule has 0 amide bonds. The maximum Gasteiger partial charge on any atom is 0.122 e. The van der Waals surface area contributed by atoms with Crippen LogP contribution in [0.4, 0.5) is 0 Å². The number of hydrogen-bond acceptors (Lipinski definition) is 4. The number of rotatable bonds is 6. The molecular weight excluding hydrogens is 254 g/mol. The van der Waals surface area contributed by atoms with Crippen molar-refractivity contribution in [3.05, 3.63) is 29.3 Å². The van der Waals surface area contributed by atoms with Crippen LogP contribution in [0.15, 0.2) is 18.2 Å². The van der Waals surface area contributed by atoms with Gasteiger partial charge >= 0.3 is 0 Å². The summed E-state index contributed by atoms with van der Waals surface area (Å²) in [7, 11) is 0. The van der Waals surface area contributed by atoms with Gasteiger partial charge in [0.1, 0.15) is 18.5 Å². The molecule has 0 bridgehead atoms. The van der Waals surface area contributed by atoms with E-state index < -0.39 is 6.10 Å². The van der Waals surface area contributed by atoms with Gasteiger partial charge in [-0.3, -0.25) is 0 Å². The number of ether oxygens (including phenoxy) is 2. The third-order valence-corrected chi connectivity index (χ3v) is 3.58. The zero-order valence-corrected chi connectivity index (χ0v) is 12.4. The van der Waals surface area contributed by atoms with Gasteiger partial charge in [0.2, 0.25) is 0 Å². The van der Waals surface area contributed by atoms with E-state index in [9.17, 15) is 5.11 Å². The molecule has 0 aromatic heterocycles. The Labute approximate surface area is 121 Å². The number of benzene rings is 1. The van der Waals surface area contributed by atoms with E-state index in [1.807, 2.05) is 26.0 Å². The van der Waals surface area contributed by atoms with Gasteiger partial charge in [-0.1, -0.05) is 12.1 Å². The van der Waals surface area contributed by atoms with Crippen molar-refractivity contribution in [1.29, 1.82) is 0 Å². The van der Waals surface area contributed by atoms with Crippen molar-refractivity contribution in [2.75, 3.05) is 26.4 Å². The molecule has 2 N–H and O–H groups in total. The normalized spacial score (nSPS) is 20.6. The lowest BCUT2D eigenvalue weighted by Crippen LogP contribution is -2.42. The number of hydrogen-bond donors (Lipinski definition) is 2. The number of nitrogens with one attached hydrogen (secondary N) is 1. The molecule has 1 fully saturated rings. The van der Waals surface area contributed by atoms with Crippen molar-refractivity contribution >= 4 is 0 Å². The average molecular weight is 279 g/mol. The summed E-state index contributed by atoms with van der Waals surface area (Å²) in [6.07, 6.45) is 1.70. The highest BCUT2D eigenvalue weighted by Gasteiger charge is 2.15. The molecule has 1 heterocycles. The quantitative estimate of drug-likeness (QED) is 0.834. The predicted molar refractivity (Wildman–Crippen MR) is 79.3 cm³/mol. The fourth-order valence-corrected chi connectivity index (χ4v) is 2.31. The maximum atomic E-state index is 9.97. The minimum absolute atomic E-state index is 0.310. The molecule has 1 saturated heterocycles. The van der Waals surface area contributed by atoms with Crippen LogP contribution in [0.3, 0.4) is 0 Å². The van der Waals surface area contributed by atoms with Gasteiger partial charge in [0.15, 0.2) is 0 Å². The molecule has 0 aliphatic carbocycles. The summed E-state index contributed by atoms with van der Waals surface area (Å²) < 4.78 is 11.1. The van der Waals surface area contributed by atoms with Crippen molar-refractivity contribution in [2.45, 2.75) is 38.8 Å². The lowest BCUT2D eigenvalue weighted by Gasteiger charge is -2.24. The average Bonchev–Trinajstić information content (AvgIpc) is 2.47. The van der Waals surface area contributed by atoms with Gasteiger partial charge in [0, 0.05) is 19.2 Å². The molecule has 20 heavy (non-hydrogen) atoms. The van der Waals surface area contributed by atoms with Crippen LogP contribution in [-0.2, 0) is 4.74 Å². The summed E-state index contributed by atoms with van der Waals surface area (Å²) in [4.78, 5) is 0. The summed E-state index contributed by atoms with van der Waals surface area (Å²) in [5.74, 6) is 0.852. The third-order valence-electron chi connectivity index (χ3n) is 3.58. The van der Waals surface area contributed by atoms with Gasteiger partial charge < -0.3 is 19.9 Å². The number of aryl methyl sites for hydroxylation is 2. The van der Waals surface area contributed by atoms with E-state index in [1.165, 1.54) is 0 Å². The van der Waals surface area contributed by atoms with E-state index in [0.29, 0.717) is 19.2 Å². The highest BCUT2D eigenvalue weighted by atomic mass is 16.5. The second-order valence-corrected chi connectivity index (χ2v) is 5.56. The molecule has 1 aliphatic heterocycles. The molecule has 0 radical (unpaired) electrons. The van der Waals surface area contributed by atoms with E-state index in [4.69, 9.17) is 9.47 Å². The molecule has 2 unspecified atom stereocenters. The second kappa shape index (κ2) is 7.62. The largest absolute Gasteiger partial charge is 0.491 e. The van der Waals surface area contributed by atoms with Crippen LogP contribution in [0.25, 0.3) is 0 Å². The second-order valence-electron chi connectivity index (χ2n) is 5.56. The topological polar surface area (TPSA) is 50.7 Å². The predicted octanol–water partition coefficient (Wildman–Crippen LogP) is 1.81. The van der Waals surface area contributed by atoms with Crippen LogP contribution in [0.5, 0.6) is 5.75 Å². The minimum Gasteiger partial charge on any atom is -0.491 e. The monoisotopic (exact) mass is 279 g/mol. The Kier molecular flexibility index (Phi) is 5.83.